The predicted molar refractivity (Wildman–Crippen MR) is 241 cm³/mol. The molecule has 398 valence electrons. The van der Waals surface area contributed by atoms with Crippen LogP contribution in [0.15, 0.2) is 97.1 Å². The lowest BCUT2D eigenvalue weighted by Gasteiger charge is -2.47. The number of carbonyl (C=O) groups is 4. The summed E-state index contributed by atoms with van der Waals surface area (Å²) in [6.07, 6.45) is -33.4. The van der Waals surface area contributed by atoms with Gasteiger partial charge in [-0.25, -0.2) is 27.2 Å². The van der Waals surface area contributed by atoms with Gasteiger partial charge in [0.2, 0.25) is 18.5 Å². The van der Waals surface area contributed by atoms with E-state index in [1.807, 2.05) is 0 Å². The minimum absolute atomic E-state index is 0.113. The molecule has 4 aliphatic rings. The number of hydrogen-bond acceptors (Lipinski definition) is 21. The summed E-state index contributed by atoms with van der Waals surface area (Å²) in [5.41, 5.74) is 0.196. The summed E-state index contributed by atoms with van der Waals surface area (Å²) in [6.45, 7) is 0. The Morgan fingerprint density at radius 3 is 1.62 bits per heavy atom. The van der Waals surface area contributed by atoms with E-state index in [4.69, 9.17) is 28.4 Å². The Labute approximate surface area is 416 Å². The van der Waals surface area contributed by atoms with Crippen LogP contribution in [0, 0.1) is 5.82 Å². The number of amides is 1. The number of aliphatic carboxylic acids is 3. The molecule has 18 atom stereocenters. The van der Waals surface area contributed by atoms with E-state index in [0.29, 0.717) is 0 Å². The molecule has 4 heterocycles. The maximum absolute atomic E-state index is 15.0. The largest absolute Gasteiger partial charge is 0.479 e. The number of aliphatic hydroxyl groups excluding tert-OH is 9. The highest BCUT2D eigenvalue weighted by Gasteiger charge is 2.58. The number of para-hydroxylation sites is 1. The van der Waals surface area contributed by atoms with E-state index in [9.17, 15) is 93.3 Å². The maximum atomic E-state index is 15.0. The standard InChI is InChI=1S/C47H48FNO24S/c48-21-12-9-18(10-13-21)26(70-47-36(58)30(52)33(55)39(73-47)44(64)65)17-74(66,67)40-27(49(41(40)59)22-6-2-1-3-7-22)24-14-11-20(16-25(24)69-46-35(57)29(51)32(54)38(72-46)43(62)63)19-5-4-8-23(15-19)68-45-34(56)28(50)31(53)37(71-45)42(60)61/h1-16,26-40,45-47,50-58H,17H2,(H,60,61)(H,62,63)(H,64,65)/t26-,27+,28?,29?,30-,31?,32?,33+,34?,35?,36?,37?,38?,39?,40+,45+,46+,47+/m0/s1. The number of carboxylic acid groups (broad SMARTS) is 3. The van der Waals surface area contributed by atoms with Crippen molar-refractivity contribution in [3.63, 3.8) is 0 Å². The van der Waals surface area contributed by atoms with Crippen LogP contribution >= 0.6 is 0 Å². The molecule has 4 saturated heterocycles. The molecule has 0 spiro atoms. The minimum atomic E-state index is -4.97. The Kier molecular flexibility index (Phi) is 15.7. The van der Waals surface area contributed by atoms with E-state index in [1.165, 1.54) is 66.7 Å². The number of hydrogen-bond donors (Lipinski definition) is 12. The smallest absolute Gasteiger partial charge is 0.335 e. The number of β-lactam (4-membered cyclic amide) rings is 1. The second-order valence-electron chi connectivity index (χ2n) is 17.6. The fourth-order valence-electron chi connectivity index (χ4n) is 8.89. The molecule has 0 aliphatic carbocycles. The third-order valence-electron chi connectivity index (χ3n) is 12.8. The van der Waals surface area contributed by atoms with Gasteiger partial charge in [-0.1, -0.05) is 54.6 Å². The number of anilines is 1. The molecule has 1 amide bonds. The average Bonchev–Trinajstić information content (AvgIpc) is 3.36. The molecular weight excluding hydrogens is 1010 g/mol. The minimum Gasteiger partial charge on any atom is -0.479 e. The van der Waals surface area contributed by atoms with Crippen LogP contribution < -0.4 is 14.4 Å². The van der Waals surface area contributed by atoms with E-state index < -0.39 is 160 Å². The molecule has 4 aliphatic heterocycles. The van der Waals surface area contributed by atoms with Crippen LogP contribution in [0.1, 0.15) is 23.3 Å². The van der Waals surface area contributed by atoms with Gasteiger partial charge in [0.15, 0.2) is 39.7 Å². The van der Waals surface area contributed by atoms with Gasteiger partial charge in [-0.05, 0) is 59.2 Å². The summed E-state index contributed by atoms with van der Waals surface area (Å²) < 4.78 is 77.8. The summed E-state index contributed by atoms with van der Waals surface area (Å²) in [6, 6.07) is 19.4. The zero-order valence-corrected chi connectivity index (χ0v) is 38.7. The number of nitrogens with zero attached hydrogens (tertiary/aromatic N) is 1. The fourth-order valence-corrected chi connectivity index (χ4v) is 10.9. The van der Waals surface area contributed by atoms with Gasteiger partial charge in [0.05, 0.1) is 17.9 Å². The number of ether oxygens (including phenoxy) is 6. The lowest BCUT2D eigenvalue weighted by molar-refractivity contribution is -0.303. The van der Waals surface area contributed by atoms with Crippen molar-refractivity contribution in [3.05, 3.63) is 114 Å². The Morgan fingerprint density at radius 1 is 0.581 bits per heavy atom. The summed E-state index contributed by atoms with van der Waals surface area (Å²) >= 11 is 0. The van der Waals surface area contributed by atoms with Crippen LogP contribution in [0.3, 0.4) is 0 Å². The molecule has 10 unspecified atom stereocenters. The molecule has 74 heavy (non-hydrogen) atoms. The summed E-state index contributed by atoms with van der Waals surface area (Å²) in [5.74, 6) is -8.84. The lowest BCUT2D eigenvalue weighted by atomic mass is 9.90. The first-order valence-electron chi connectivity index (χ1n) is 22.3. The van der Waals surface area contributed by atoms with Crippen LogP contribution in [0.4, 0.5) is 10.1 Å². The topological polar surface area (TPSA) is 404 Å². The molecule has 4 aromatic carbocycles. The molecule has 4 aromatic rings. The SMILES string of the molecule is O=C(O)C1O[C@@H](Oc2cccc(-c3ccc([C@@H]4[C@@H](S(=O)(=O)C[C@H](O[C@@H]5OC(C(=O)O)[C@H](O)[C@H](O)C5O)c5ccc(F)cc5)C(=O)N4c4ccccc4)c(O[C@@H]4OC(C(=O)O)C(O)C(O)C4O)c3)c2)C(O)C(O)C1O. The summed E-state index contributed by atoms with van der Waals surface area (Å²) in [5, 5.41) is 122. The quantitative estimate of drug-likeness (QED) is 0.0519. The highest BCUT2D eigenvalue weighted by Crippen LogP contribution is 2.48. The van der Waals surface area contributed by atoms with E-state index in [0.717, 1.165) is 29.2 Å². The van der Waals surface area contributed by atoms with Crippen molar-refractivity contribution in [2.75, 3.05) is 10.7 Å². The Balaban J connectivity index is 1.21. The van der Waals surface area contributed by atoms with Crippen LogP contribution in [-0.4, -0.2) is 197 Å². The summed E-state index contributed by atoms with van der Waals surface area (Å²) in [7, 11) is -4.97. The fraction of sp³-hybridized carbons (Fsp3) is 0.404. The Hall–Kier alpha value is -6.28. The Morgan fingerprint density at radius 2 is 1.08 bits per heavy atom. The van der Waals surface area contributed by atoms with Gasteiger partial charge in [-0.3, -0.25) is 4.79 Å². The molecule has 8 rings (SSSR count). The van der Waals surface area contributed by atoms with Gasteiger partial charge >= 0.3 is 17.9 Å². The third kappa shape index (κ3) is 10.5. The molecule has 4 fully saturated rings. The van der Waals surface area contributed by atoms with E-state index >= 15 is 0 Å². The van der Waals surface area contributed by atoms with E-state index in [1.54, 1.807) is 6.07 Å². The summed E-state index contributed by atoms with van der Waals surface area (Å²) in [4.78, 5) is 51.3. The molecular formula is C47H48FNO24S. The zero-order valence-electron chi connectivity index (χ0n) is 37.8. The van der Waals surface area contributed by atoms with Crippen LogP contribution in [0.5, 0.6) is 11.5 Å². The number of carboxylic acids is 3. The zero-order chi connectivity index (χ0) is 53.7. The number of sulfone groups is 1. The first-order valence-corrected chi connectivity index (χ1v) is 24.1. The van der Waals surface area contributed by atoms with Gasteiger partial charge in [-0.15, -0.1) is 0 Å². The average molecular weight is 1060 g/mol. The van der Waals surface area contributed by atoms with Crippen molar-refractivity contribution in [2.45, 2.75) is 110 Å². The van der Waals surface area contributed by atoms with Crippen molar-refractivity contribution >= 4 is 39.3 Å². The molecule has 0 bridgehead atoms. The molecule has 25 nitrogen and oxygen atoms in total. The van der Waals surface area contributed by atoms with E-state index in [2.05, 4.69) is 0 Å². The van der Waals surface area contributed by atoms with Gasteiger partial charge < -0.3 is 94.6 Å². The van der Waals surface area contributed by atoms with Crippen molar-refractivity contribution in [2.24, 2.45) is 0 Å². The molecule has 27 heteroatoms. The van der Waals surface area contributed by atoms with Crippen molar-refractivity contribution < 1.29 is 122 Å². The number of benzene rings is 4. The highest BCUT2D eigenvalue weighted by molar-refractivity contribution is 7.93. The predicted octanol–water partition coefficient (Wildman–Crippen LogP) is -2.44. The van der Waals surface area contributed by atoms with Crippen molar-refractivity contribution in [3.8, 4) is 22.6 Å². The number of rotatable bonds is 16. The van der Waals surface area contributed by atoms with Crippen molar-refractivity contribution in [1.82, 2.24) is 0 Å². The van der Waals surface area contributed by atoms with E-state index in [-0.39, 0.29) is 33.7 Å². The second kappa shape index (κ2) is 21.5. The molecule has 0 saturated carbocycles. The number of halogens is 1. The van der Waals surface area contributed by atoms with Gasteiger partial charge in [0.1, 0.15) is 72.3 Å². The lowest BCUT2D eigenvalue weighted by Crippen LogP contribution is -2.63. The highest BCUT2D eigenvalue weighted by atomic mass is 32.2. The van der Waals surface area contributed by atoms with Crippen LogP contribution in [-0.2, 0) is 48.0 Å². The molecule has 0 aromatic heterocycles. The monoisotopic (exact) mass is 1060 g/mol. The Bertz CT molecular complexity index is 2830. The first kappa shape index (κ1) is 54.0. The number of carbonyl (C=O) groups excluding carboxylic acids is 1. The first-order chi connectivity index (χ1) is 35.0. The van der Waals surface area contributed by atoms with Gasteiger partial charge in [0, 0.05) is 11.3 Å². The normalized spacial score (nSPS) is 33.7. The van der Waals surface area contributed by atoms with Gasteiger partial charge in [-0.2, -0.15) is 0 Å². The molecule has 12 N–H and O–H groups in total. The second-order valence-corrected chi connectivity index (χ2v) is 19.8. The van der Waals surface area contributed by atoms with Crippen molar-refractivity contribution in [1.29, 1.82) is 0 Å². The number of aliphatic hydroxyl groups is 9. The van der Waals surface area contributed by atoms with Gasteiger partial charge in [0.25, 0.3) is 0 Å². The maximum Gasteiger partial charge on any atom is 0.335 e. The molecule has 0 radical (unpaired) electrons. The third-order valence-corrected chi connectivity index (χ3v) is 14.8. The van der Waals surface area contributed by atoms with Crippen LogP contribution in [0.25, 0.3) is 11.1 Å². The van der Waals surface area contributed by atoms with Crippen LogP contribution in [0.2, 0.25) is 0 Å².